The van der Waals surface area contributed by atoms with Gasteiger partial charge in [0, 0.05) is 6.10 Å². The van der Waals surface area contributed by atoms with Crippen molar-refractivity contribution in [3.8, 4) is 0 Å². The van der Waals surface area contributed by atoms with Crippen LogP contribution in [0, 0.1) is 23.2 Å². The van der Waals surface area contributed by atoms with Gasteiger partial charge in [0.2, 0.25) is 0 Å². The maximum Gasteiger partial charge on any atom is 0.192 e. The summed E-state index contributed by atoms with van der Waals surface area (Å²) in [6.07, 6.45) is 15.8. The Hall–Kier alpha value is 0.242. The molecule has 3 saturated carbocycles. The van der Waals surface area contributed by atoms with Gasteiger partial charge >= 0.3 is 0 Å². The van der Waals surface area contributed by atoms with Crippen molar-refractivity contribution in [1.82, 2.24) is 0 Å². The number of rotatable bonds is 13. The van der Waals surface area contributed by atoms with Crippen LogP contribution in [0.4, 0.5) is 0 Å². The van der Waals surface area contributed by atoms with Gasteiger partial charge in [-0.2, -0.15) is 0 Å². The minimum absolute atomic E-state index is 0.309. The van der Waals surface area contributed by atoms with Crippen LogP contribution in [0.2, 0.25) is 36.6 Å². The monoisotopic (exact) mass is 448 g/mol. The van der Waals surface area contributed by atoms with Crippen LogP contribution in [-0.4, -0.2) is 21.1 Å². The average molecular weight is 449 g/mol. The molecule has 0 aromatic rings. The molecule has 1 nitrogen and oxygen atoms in total. The number of unbranched alkanes of at least 4 members (excludes halogenated alkanes) is 3. The summed E-state index contributed by atoms with van der Waals surface area (Å²) in [5, 5.41) is 0.309. The van der Waals surface area contributed by atoms with Crippen LogP contribution in [0.3, 0.4) is 0 Å². The van der Waals surface area contributed by atoms with Crippen molar-refractivity contribution < 1.29 is 4.43 Å². The summed E-state index contributed by atoms with van der Waals surface area (Å²) in [6.45, 7) is 25.4. The zero-order valence-electron chi connectivity index (χ0n) is 23.2. The molecule has 3 heteroatoms. The molecule has 5 atom stereocenters. The molecule has 31 heavy (non-hydrogen) atoms. The Kier molecular flexibility index (Phi) is 9.85. The van der Waals surface area contributed by atoms with Crippen LogP contribution in [0.25, 0.3) is 0 Å². The Bertz CT molecular complexity index is 538. The van der Waals surface area contributed by atoms with E-state index in [4.69, 9.17) is 4.43 Å². The highest BCUT2D eigenvalue weighted by molar-refractivity contribution is 6.74. The van der Waals surface area contributed by atoms with Gasteiger partial charge < -0.3 is 4.43 Å². The van der Waals surface area contributed by atoms with Gasteiger partial charge in [-0.25, -0.2) is 0 Å². The molecule has 3 rings (SSSR count). The molecule has 0 amide bonds. The molecule has 0 heterocycles. The van der Waals surface area contributed by atoms with E-state index in [0.29, 0.717) is 16.6 Å². The van der Waals surface area contributed by atoms with Crippen molar-refractivity contribution in [1.29, 1.82) is 0 Å². The van der Waals surface area contributed by atoms with Crippen LogP contribution in [0.5, 0.6) is 0 Å². The molecule has 0 spiro atoms. The molecular weight excluding hydrogens is 391 g/mol. The molecular formula is C28H57BOSi. The van der Waals surface area contributed by atoms with Crippen molar-refractivity contribution in [2.24, 2.45) is 23.2 Å². The SMILES string of the molecule is CCCCCCB(CC[C@H](CCC)O[Si](C)(C)C(C)(C)C)[C@@H]1C[C@@H]2C[C@H]([C@H]1C)C2(C)C. The van der Waals surface area contributed by atoms with Crippen molar-refractivity contribution >= 4 is 15.0 Å². The van der Waals surface area contributed by atoms with E-state index in [1.165, 1.54) is 70.4 Å². The summed E-state index contributed by atoms with van der Waals surface area (Å²) in [4.78, 5) is 0. The molecule has 0 N–H and O–H groups in total. The zero-order chi connectivity index (χ0) is 23.4. The largest absolute Gasteiger partial charge is 0.414 e. The molecule has 0 unspecified atom stereocenters. The highest BCUT2D eigenvalue weighted by Gasteiger charge is 2.57. The van der Waals surface area contributed by atoms with E-state index in [2.05, 4.69) is 68.5 Å². The van der Waals surface area contributed by atoms with Gasteiger partial charge in [0.05, 0.1) is 0 Å². The summed E-state index contributed by atoms with van der Waals surface area (Å²) in [7, 11) is -1.69. The number of hydrogen-bond acceptors (Lipinski definition) is 1. The van der Waals surface area contributed by atoms with Gasteiger partial charge in [0.15, 0.2) is 8.32 Å². The molecule has 2 bridgehead atoms. The van der Waals surface area contributed by atoms with Crippen molar-refractivity contribution in [3.63, 3.8) is 0 Å². The first-order valence-electron chi connectivity index (χ1n) is 14.0. The van der Waals surface area contributed by atoms with Crippen LogP contribution in [-0.2, 0) is 4.43 Å². The molecule has 0 aromatic carbocycles. The summed E-state index contributed by atoms with van der Waals surface area (Å²) in [6, 6.07) is 0. The highest BCUT2D eigenvalue weighted by Crippen LogP contribution is 2.65. The zero-order valence-corrected chi connectivity index (χ0v) is 24.2. The lowest BCUT2D eigenvalue weighted by Gasteiger charge is -2.63. The van der Waals surface area contributed by atoms with Crippen LogP contribution in [0.1, 0.15) is 113 Å². The van der Waals surface area contributed by atoms with Crippen molar-refractivity contribution in [2.75, 3.05) is 0 Å². The molecule has 3 fully saturated rings. The van der Waals surface area contributed by atoms with Gasteiger partial charge in [0.25, 0.3) is 0 Å². The molecule has 3 aliphatic rings. The normalized spacial score (nSPS) is 28.8. The van der Waals surface area contributed by atoms with E-state index in [-0.39, 0.29) is 0 Å². The summed E-state index contributed by atoms with van der Waals surface area (Å²) >= 11 is 0. The van der Waals surface area contributed by atoms with E-state index in [1.807, 2.05) is 0 Å². The Morgan fingerprint density at radius 1 is 0.968 bits per heavy atom. The maximum atomic E-state index is 6.95. The number of hydrogen-bond donors (Lipinski definition) is 0. The third-order valence-electron chi connectivity index (χ3n) is 10.2. The van der Waals surface area contributed by atoms with Gasteiger partial charge in [-0.3, -0.25) is 0 Å². The van der Waals surface area contributed by atoms with Crippen LogP contribution >= 0.6 is 0 Å². The molecule has 182 valence electrons. The second-order valence-electron chi connectivity index (χ2n) is 13.6. The van der Waals surface area contributed by atoms with Crippen LogP contribution in [0.15, 0.2) is 0 Å². The molecule has 0 aliphatic heterocycles. The Balaban J connectivity index is 2.04. The van der Waals surface area contributed by atoms with Crippen molar-refractivity contribution in [2.45, 2.75) is 156 Å². The van der Waals surface area contributed by atoms with Crippen molar-refractivity contribution in [3.05, 3.63) is 0 Å². The lowest BCUT2D eigenvalue weighted by atomic mass is 9.27. The standard InChI is InChI=1S/C28H57BOSi/c1-11-13-14-15-18-29(26-21-23-20-25(22(26)3)28(23,7)8)19-17-24(16-12-2)30-31(9,10)27(4,5)6/h22-26H,11-21H2,1-10H3/t22-,23+,24+,25-,26-/m1/s1. The molecule has 0 aromatic heterocycles. The third-order valence-corrected chi connectivity index (χ3v) is 14.7. The van der Waals surface area contributed by atoms with E-state index in [9.17, 15) is 0 Å². The quantitative estimate of drug-likeness (QED) is 0.201. The van der Waals surface area contributed by atoms with Gasteiger partial charge in [0.1, 0.15) is 6.71 Å². The molecule has 3 aliphatic carbocycles. The Labute approximate surface area is 198 Å². The average Bonchev–Trinajstić information content (AvgIpc) is 2.66. The van der Waals surface area contributed by atoms with E-state index in [1.54, 1.807) is 0 Å². The first-order valence-corrected chi connectivity index (χ1v) is 16.9. The summed E-state index contributed by atoms with van der Waals surface area (Å²) in [5.74, 6) is 3.85. The van der Waals surface area contributed by atoms with E-state index < -0.39 is 8.32 Å². The summed E-state index contributed by atoms with van der Waals surface area (Å²) in [5.41, 5.74) is 0.610. The molecule has 0 radical (unpaired) electrons. The van der Waals surface area contributed by atoms with E-state index in [0.717, 1.165) is 30.3 Å². The smallest absolute Gasteiger partial charge is 0.192 e. The summed E-state index contributed by atoms with van der Waals surface area (Å²) < 4.78 is 6.95. The minimum Gasteiger partial charge on any atom is -0.414 e. The lowest BCUT2D eigenvalue weighted by Crippen LogP contribution is -2.55. The number of fused-ring (bicyclic) bond motifs is 2. The lowest BCUT2D eigenvalue weighted by molar-refractivity contribution is -0.0992. The third kappa shape index (κ3) is 6.65. The minimum atomic E-state index is -1.69. The molecule has 0 saturated heterocycles. The van der Waals surface area contributed by atoms with Gasteiger partial charge in [-0.15, -0.1) is 0 Å². The maximum absolute atomic E-state index is 6.95. The van der Waals surface area contributed by atoms with Crippen LogP contribution < -0.4 is 0 Å². The predicted molar refractivity (Wildman–Crippen MR) is 144 cm³/mol. The first kappa shape index (κ1) is 27.5. The second kappa shape index (κ2) is 11.1. The Morgan fingerprint density at radius 3 is 2.16 bits per heavy atom. The highest BCUT2D eigenvalue weighted by atomic mass is 28.4. The fourth-order valence-corrected chi connectivity index (χ4v) is 8.22. The van der Waals surface area contributed by atoms with E-state index >= 15 is 0 Å². The fraction of sp³-hybridized carbons (Fsp3) is 1.00. The fourth-order valence-electron chi connectivity index (χ4n) is 6.80. The predicted octanol–water partition coefficient (Wildman–Crippen LogP) is 9.71. The first-order chi connectivity index (χ1) is 14.3. The topological polar surface area (TPSA) is 9.23 Å². The second-order valence-corrected chi connectivity index (χ2v) is 18.4. The van der Waals surface area contributed by atoms with Gasteiger partial charge in [-0.1, -0.05) is 112 Å². The Morgan fingerprint density at radius 2 is 1.65 bits per heavy atom. The van der Waals surface area contributed by atoms with Gasteiger partial charge in [-0.05, 0) is 60.6 Å².